The number of hydrogen-bond donors (Lipinski definition) is 1. The molecule has 1 heterocycles. The van der Waals surface area contributed by atoms with Gasteiger partial charge in [0, 0.05) is 36.5 Å². The van der Waals surface area contributed by atoms with Crippen LogP contribution in [0.4, 0.5) is 5.69 Å². The summed E-state index contributed by atoms with van der Waals surface area (Å²) in [4.78, 5) is 23.1. The zero-order valence-electron chi connectivity index (χ0n) is 16.6. The summed E-state index contributed by atoms with van der Waals surface area (Å²) in [6, 6.07) is 27.6. The first-order valence-electron chi connectivity index (χ1n) is 9.62. The molecular weight excluding hydrogens is 358 g/mol. The van der Waals surface area contributed by atoms with E-state index in [1.807, 2.05) is 86.9 Å². The number of Topliss-reactive ketones (excluding diaryl/α,β-unsaturated/α-hetero) is 1. The van der Waals surface area contributed by atoms with E-state index >= 15 is 0 Å². The lowest BCUT2D eigenvalue weighted by molar-refractivity contribution is 0.0992. The summed E-state index contributed by atoms with van der Waals surface area (Å²) < 4.78 is 0. The minimum absolute atomic E-state index is 0.0703. The Morgan fingerprint density at radius 2 is 1.45 bits per heavy atom. The molecule has 0 aliphatic carbocycles. The van der Waals surface area contributed by atoms with Gasteiger partial charge < -0.3 is 9.88 Å². The van der Waals surface area contributed by atoms with Gasteiger partial charge in [0.15, 0.2) is 5.78 Å². The van der Waals surface area contributed by atoms with Crippen LogP contribution in [0.3, 0.4) is 0 Å². The van der Waals surface area contributed by atoms with Crippen molar-refractivity contribution in [3.63, 3.8) is 0 Å². The zero-order valence-corrected chi connectivity index (χ0v) is 16.6. The Hall–Kier alpha value is -3.66. The van der Waals surface area contributed by atoms with E-state index in [4.69, 9.17) is 4.98 Å². The van der Waals surface area contributed by atoms with Crippen LogP contribution in [0.15, 0.2) is 84.9 Å². The van der Waals surface area contributed by atoms with Crippen LogP contribution in [-0.2, 0) is 6.42 Å². The summed E-state index contributed by atoms with van der Waals surface area (Å²) in [6.45, 7) is 0. The first kappa shape index (κ1) is 18.7. The van der Waals surface area contributed by atoms with Crippen LogP contribution in [0.25, 0.3) is 22.6 Å². The molecule has 29 heavy (non-hydrogen) atoms. The molecule has 4 rings (SSSR count). The highest BCUT2D eigenvalue weighted by molar-refractivity contribution is 5.98. The second-order valence-corrected chi connectivity index (χ2v) is 7.19. The molecule has 4 aromatic rings. The Morgan fingerprint density at radius 3 is 2.07 bits per heavy atom. The van der Waals surface area contributed by atoms with E-state index in [2.05, 4.69) is 22.0 Å². The van der Waals surface area contributed by atoms with Gasteiger partial charge >= 0.3 is 0 Å². The third-order valence-corrected chi connectivity index (χ3v) is 4.92. The van der Waals surface area contributed by atoms with Crippen LogP contribution in [0.1, 0.15) is 16.1 Å². The quantitative estimate of drug-likeness (QED) is 0.465. The minimum Gasteiger partial charge on any atom is -0.378 e. The number of aromatic amines is 1. The second kappa shape index (κ2) is 8.15. The van der Waals surface area contributed by atoms with Gasteiger partial charge in [-0.2, -0.15) is 0 Å². The number of carbonyl (C=O) groups is 1. The number of H-pyrrole nitrogens is 1. The fraction of sp³-hybridized carbons (Fsp3) is 0.120. The highest BCUT2D eigenvalue weighted by Gasteiger charge is 2.17. The van der Waals surface area contributed by atoms with Gasteiger partial charge in [-0.15, -0.1) is 0 Å². The van der Waals surface area contributed by atoms with Crippen LogP contribution >= 0.6 is 0 Å². The topological polar surface area (TPSA) is 49.0 Å². The van der Waals surface area contributed by atoms with Crippen LogP contribution < -0.4 is 4.90 Å². The maximum absolute atomic E-state index is 12.8. The molecule has 3 aromatic carbocycles. The van der Waals surface area contributed by atoms with Gasteiger partial charge in [0.1, 0.15) is 5.82 Å². The molecule has 4 heteroatoms. The van der Waals surface area contributed by atoms with Gasteiger partial charge in [-0.1, -0.05) is 60.7 Å². The molecule has 0 amide bonds. The molecule has 144 valence electrons. The zero-order chi connectivity index (χ0) is 20.2. The molecule has 0 radical (unpaired) electrons. The number of nitrogens with one attached hydrogen (secondary N) is 1. The largest absolute Gasteiger partial charge is 0.378 e. The van der Waals surface area contributed by atoms with Crippen molar-refractivity contribution >= 4 is 11.5 Å². The molecule has 0 aliphatic heterocycles. The fourth-order valence-corrected chi connectivity index (χ4v) is 3.31. The molecular formula is C25H23N3O. The lowest BCUT2D eigenvalue weighted by atomic mass is 10.0. The highest BCUT2D eigenvalue weighted by atomic mass is 16.1. The number of aromatic nitrogens is 2. The molecule has 1 N–H and O–H groups in total. The van der Waals surface area contributed by atoms with Crippen LogP contribution in [0.5, 0.6) is 0 Å². The highest BCUT2D eigenvalue weighted by Crippen LogP contribution is 2.28. The van der Waals surface area contributed by atoms with Gasteiger partial charge in [0.05, 0.1) is 17.8 Å². The molecule has 0 atom stereocenters. The molecule has 0 bridgehead atoms. The first-order valence-corrected chi connectivity index (χ1v) is 9.62. The summed E-state index contributed by atoms with van der Waals surface area (Å²) in [5.41, 5.74) is 5.47. The average molecular weight is 381 g/mol. The SMILES string of the molecule is CN(C)c1ccc(-c2nc(-c3ccccc3)c(CC(=O)c3ccccc3)[nH]2)cc1. The van der Waals surface area contributed by atoms with E-state index in [0.717, 1.165) is 34.0 Å². The number of imidazole rings is 1. The summed E-state index contributed by atoms with van der Waals surface area (Å²) in [7, 11) is 4.03. The van der Waals surface area contributed by atoms with Crippen molar-refractivity contribution in [2.75, 3.05) is 19.0 Å². The van der Waals surface area contributed by atoms with Crippen molar-refractivity contribution in [2.45, 2.75) is 6.42 Å². The van der Waals surface area contributed by atoms with E-state index in [1.54, 1.807) is 0 Å². The van der Waals surface area contributed by atoms with E-state index < -0.39 is 0 Å². The van der Waals surface area contributed by atoms with Gasteiger partial charge in [-0.05, 0) is 24.3 Å². The van der Waals surface area contributed by atoms with E-state index in [0.29, 0.717) is 5.56 Å². The van der Waals surface area contributed by atoms with Crippen LogP contribution in [0, 0.1) is 0 Å². The Bertz CT molecular complexity index is 1100. The molecule has 4 nitrogen and oxygen atoms in total. The number of hydrogen-bond acceptors (Lipinski definition) is 3. The van der Waals surface area contributed by atoms with E-state index in [9.17, 15) is 4.79 Å². The number of benzene rings is 3. The number of anilines is 1. The first-order chi connectivity index (χ1) is 14.1. The number of nitrogens with zero attached hydrogens (tertiary/aromatic N) is 2. The second-order valence-electron chi connectivity index (χ2n) is 7.19. The van der Waals surface area contributed by atoms with Gasteiger partial charge in [0.25, 0.3) is 0 Å². The van der Waals surface area contributed by atoms with Crippen molar-refractivity contribution in [3.05, 3.63) is 96.2 Å². The maximum atomic E-state index is 12.8. The van der Waals surface area contributed by atoms with Crippen molar-refractivity contribution < 1.29 is 4.79 Å². The molecule has 0 fully saturated rings. The average Bonchev–Trinajstić information content (AvgIpc) is 3.19. The number of carbonyl (C=O) groups excluding carboxylic acids is 1. The van der Waals surface area contributed by atoms with Crippen LogP contribution in [0.2, 0.25) is 0 Å². The summed E-state index contributed by atoms with van der Waals surface area (Å²) in [5, 5.41) is 0. The molecule has 0 aliphatic rings. The lowest BCUT2D eigenvalue weighted by Gasteiger charge is -2.12. The Kier molecular flexibility index (Phi) is 5.25. The predicted octanol–water partition coefficient (Wildman–Crippen LogP) is 5.24. The maximum Gasteiger partial charge on any atom is 0.168 e. The third kappa shape index (κ3) is 4.11. The van der Waals surface area contributed by atoms with Crippen LogP contribution in [-0.4, -0.2) is 29.8 Å². The summed E-state index contributed by atoms with van der Waals surface area (Å²) >= 11 is 0. The van der Waals surface area contributed by atoms with Crippen molar-refractivity contribution in [1.29, 1.82) is 0 Å². The molecule has 0 spiro atoms. The van der Waals surface area contributed by atoms with Crippen molar-refractivity contribution in [3.8, 4) is 22.6 Å². The molecule has 0 saturated heterocycles. The smallest absolute Gasteiger partial charge is 0.168 e. The minimum atomic E-state index is 0.0703. The van der Waals surface area contributed by atoms with E-state index in [1.165, 1.54) is 0 Å². The summed E-state index contributed by atoms with van der Waals surface area (Å²) in [5.74, 6) is 0.839. The van der Waals surface area contributed by atoms with Gasteiger partial charge in [-0.3, -0.25) is 4.79 Å². The van der Waals surface area contributed by atoms with Crippen molar-refractivity contribution in [2.24, 2.45) is 0 Å². The number of rotatable bonds is 6. The van der Waals surface area contributed by atoms with Gasteiger partial charge in [0.2, 0.25) is 0 Å². The summed E-state index contributed by atoms with van der Waals surface area (Å²) in [6.07, 6.45) is 0.275. The molecule has 1 aromatic heterocycles. The Labute approximate surface area is 170 Å². The fourth-order valence-electron chi connectivity index (χ4n) is 3.31. The Balaban J connectivity index is 1.72. The number of ketones is 1. The van der Waals surface area contributed by atoms with E-state index in [-0.39, 0.29) is 12.2 Å². The predicted molar refractivity (Wildman–Crippen MR) is 118 cm³/mol. The lowest BCUT2D eigenvalue weighted by Crippen LogP contribution is -2.07. The molecule has 0 saturated carbocycles. The normalized spacial score (nSPS) is 10.7. The Morgan fingerprint density at radius 1 is 0.828 bits per heavy atom. The van der Waals surface area contributed by atoms with Gasteiger partial charge in [-0.25, -0.2) is 4.98 Å². The third-order valence-electron chi connectivity index (χ3n) is 4.92. The monoisotopic (exact) mass is 381 g/mol. The van der Waals surface area contributed by atoms with Crippen molar-refractivity contribution in [1.82, 2.24) is 9.97 Å². The standard InChI is InChI=1S/C25H23N3O/c1-28(2)21-15-13-20(14-16-21)25-26-22(17-23(29)18-9-5-3-6-10-18)24(27-25)19-11-7-4-8-12-19/h3-16H,17H2,1-2H3,(H,26,27). The molecule has 0 unspecified atom stereocenters.